The van der Waals surface area contributed by atoms with Crippen molar-refractivity contribution < 1.29 is 27.8 Å². The molecule has 0 bridgehead atoms. The van der Waals surface area contributed by atoms with Crippen LogP contribution in [0.5, 0.6) is 11.5 Å². The van der Waals surface area contributed by atoms with Crippen LogP contribution in [0.3, 0.4) is 0 Å². The van der Waals surface area contributed by atoms with E-state index in [1.807, 2.05) is 0 Å². The van der Waals surface area contributed by atoms with Crippen LogP contribution in [-0.4, -0.2) is 38.9 Å². The van der Waals surface area contributed by atoms with Crippen molar-refractivity contribution in [1.82, 2.24) is 0 Å². The van der Waals surface area contributed by atoms with Crippen molar-refractivity contribution >= 4 is 11.7 Å². The highest BCUT2D eigenvalue weighted by atomic mass is 19.3. The summed E-state index contributed by atoms with van der Waals surface area (Å²) in [6.45, 7) is 0.456. The minimum atomic E-state index is -2.63. The summed E-state index contributed by atoms with van der Waals surface area (Å²) in [7, 11) is 1.29. The summed E-state index contributed by atoms with van der Waals surface area (Å²) in [6.07, 6.45) is -0.434. The maximum absolute atomic E-state index is 13.3. The highest BCUT2D eigenvalue weighted by Crippen LogP contribution is 2.44. The van der Waals surface area contributed by atoms with E-state index < -0.39 is 11.9 Å². The molecule has 114 valence electrons. The summed E-state index contributed by atoms with van der Waals surface area (Å²) in [5, 5.41) is 0. The molecule has 0 aliphatic carbocycles. The molecule has 21 heavy (non-hydrogen) atoms. The van der Waals surface area contributed by atoms with Crippen molar-refractivity contribution in [3.63, 3.8) is 0 Å². The second kappa shape index (κ2) is 5.05. The number of carbonyl (C=O) groups excluding carboxylic acids is 1. The summed E-state index contributed by atoms with van der Waals surface area (Å²) in [6, 6.07) is 3.14. The van der Waals surface area contributed by atoms with Crippen molar-refractivity contribution in [3.05, 3.63) is 17.7 Å². The van der Waals surface area contributed by atoms with Gasteiger partial charge in [-0.3, -0.25) is 0 Å². The molecule has 5 nitrogen and oxygen atoms in total. The third-order valence-electron chi connectivity index (χ3n) is 3.71. The van der Waals surface area contributed by atoms with Gasteiger partial charge in [0.15, 0.2) is 11.5 Å². The van der Waals surface area contributed by atoms with Gasteiger partial charge in [-0.2, -0.15) is 0 Å². The van der Waals surface area contributed by atoms with Gasteiger partial charge in [0.05, 0.1) is 18.4 Å². The SMILES string of the molecule is COC(=O)c1cc2c(c(N3CCC(F)(F)CC3)c1)OCO2. The van der Waals surface area contributed by atoms with Gasteiger partial charge in [-0.1, -0.05) is 0 Å². The third kappa shape index (κ3) is 2.59. The number of fused-ring (bicyclic) bond motifs is 1. The summed E-state index contributed by atoms with van der Waals surface area (Å²) >= 11 is 0. The van der Waals surface area contributed by atoms with E-state index in [4.69, 9.17) is 14.2 Å². The van der Waals surface area contributed by atoms with E-state index in [-0.39, 0.29) is 32.7 Å². The van der Waals surface area contributed by atoms with E-state index in [1.165, 1.54) is 13.2 Å². The smallest absolute Gasteiger partial charge is 0.338 e. The zero-order valence-electron chi connectivity index (χ0n) is 11.5. The number of hydrogen-bond donors (Lipinski definition) is 0. The first-order valence-electron chi connectivity index (χ1n) is 6.65. The maximum Gasteiger partial charge on any atom is 0.338 e. The van der Waals surface area contributed by atoms with Crippen LogP contribution in [0.2, 0.25) is 0 Å². The van der Waals surface area contributed by atoms with Crippen LogP contribution in [0, 0.1) is 0 Å². The van der Waals surface area contributed by atoms with Gasteiger partial charge in [0.2, 0.25) is 6.79 Å². The number of halogens is 2. The van der Waals surface area contributed by atoms with Crippen molar-refractivity contribution in [2.24, 2.45) is 0 Å². The fraction of sp³-hybridized carbons (Fsp3) is 0.500. The number of benzene rings is 1. The summed E-state index contributed by atoms with van der Waals surface area (Å²) < 4.78 is 41.9. The van der Waals surface area contributed by atoms with Crippen LogP contribution >= 0.6 is 0 Å². The Morgan fingerprint density at radius 1 is 1.29 bits per heavy atom. The third-order valence-corrected chi connectivity index (χ3v) is 3.71. The highest BCUT2D eigenvalue weighted by molar-refractivity contribution is 5.92. The summed E-state index contributed by atoms with van der Waals surface area (Å²) in [4.78, 5) is 13.5. The number of nitrogens with zero attached hydrogens (tertiary/aromatic N) is 1. The Labute approximate surface area is 120 Å². The monoisotopic (exact) mass is 299 g/mol. The molecule has 1 saturated heterocycles. The molecule has 0 N–H and O–H groups in total. The van der Waals surface area contributed by atoms with Crippen LogP contribution in [0.25, 0.3) is 0 Å². The predicted molar refractivity (Wildman–Crippen MR) is 70.3 cm³/mol. The number of alkyl halides is 2. The van der Waals surface area contributed by atoms with Gasteiger partial charge in [-0.05, 0) is 12.1 Å². The quantitative estimate of drug-likeness (QED) is 0.785. The van der Waals surface area contributed by atoms with Crippen LogP contribution in [0.1, 0.15) is 23.2 Å². The van der Waals surface area contributed by atoms with Crippen LogP contribution in [0.15, 0.2) is 12.1 Å². The lowest BCUT2D eigenvalue weighted by Crippen LogP contribution is -2.39. The molecule has 0 aromatic heterocycles. The van der Waals surface area contributed by atoms with Gasteiger partial charge in [-0.15, -0.1) is 0 Å². The number of piperidine rings is 1. The lowest BCUT2D eigenvalue weighted by Gasteiger charge is -2.33. The topological polar surface area (TPSA) is 48.0 Å². The van der Waals surface area contributed by atoms with Crippen LogP contribution < -0.4 is 14.4 Å². The number of rotatable bonds is 2. The number of esters is 1. The second-order valence-electron chi connectivity index (χ2n) is 5.06. The van der Waals surface area contributed by atoms with Gasteiger partial charge in [0, 0.05) is 25.9 Å². The molecule has 0 amide bonds. The number of anilines is 1. The van der Waals surface area contributed by atoms with Gasteiger partial charge in [-0.25, -0.2) is 13.6 Å². The molecular formula is C14H15F2NO4. The lowest BCUT2D eigenvalue weighted by molar-refractivity contribution is -0.0221. The van der Waals surface area contributed by atoms with Gasteiger partial charge >= 0.3 is 5.97 Å². The van der Waals surface area contributed by atoms with E-state index in [0.29, 0.717) is 22.7 Å². The number of hydrogen-bond acceptors (Lipinski definition) is 5. The van der Waals surface area contributed by atoms with E-state index >= 15 is 0 Å². The maximum atomic E-state index is 13.3. The number of ether oxygens (including phenoxy) is 3. The van der Waals surface area contributed by atoms with E-state index in [2.05, 4.69) is 0 Å². The Kier molecular flexibility index (Phi) is 3.35. The average Bonchev–Trinajstić information content (AvgIpc) is 2.94. The molecule has 2 aliphatic rings. The highest BCUT2D eigenvalue weighted by Gasteiger charge is 2.36. The molecule has 1 aromatic rings. The van der Waals surface area contributed by atoms with E-state index in [0.717, 1.165) is 0 Å². The predicted octanol–water partition coefficient (Wildman–Crippen LogP) is 2.44. The van der Waals surface area contributed by atoms with Crippen molar-refractivity contribution in [3.8, 4) is 11.5 Å². The summed E-state index contributed by atoms with van der Waals surface area (Å²) in [5.41, 5.74) is 0.912. The first-order chi connectivity index (χ1) is 10.00. The summed E-state index contributed by atoms with van der Waals surface area (Å²) in [5.74, 6) is -2.20. The van der Waals surface area contributed by atoms with Gasteiger partial charge in [0.1, 0.15) is 0 Å². The Morgan fingerprint density at radius 3 is 2.67 bits per heavy atom. The molecule has 0 saturated carbocycles. The molecule has 1 aromatic carbocycles. The minimum absolute atomic E-state index is 0.0525. The fourth-order valence-electron chi connectivity index (χ4n) is 2.54. The second-order valence-corrected chi connectivity index (χ2v) is 5.06. The number of carbonyl (C=O) groups is 1. The van der Waals surface area contributed by atoms with Gasteiger partial charge < -0.3 is 19.1 Å². The molecule has 7 heteroatoms. The molecule has 2 aliphatic heterocycles. The zero-order chi connectivity index (χ0) is 15.0. The Balaban J connectivity index is 1.94. The number of methoxy groups -OCH3 is 1. The fourth-order valence-corrected chi connectivity index (χ4v) is 2.54. The zero-order valence-corrected chi connectivity index (χ0v) is 11.5. The Bertz CT molecular complexity index is 566. The largest absolute Gasteiger partial charge is 0.465 e. The first kappa shape index (κ1) is 13.9. The molecule has 0 atom stereocenters. The molecule has 0 unspecified atom stereocenters. The van der Waals surface area contributed by atoms with E-state index in [9.17, 15) is 13.6 Å². The van der Waals surface area contributed by atoms with Gasteiger partial charge in [0.25, 0.3) is 5.92 Å². The van der Waals surface area contributed by atoms with Crippen LogP contribution in [-0.2, 0) is 4.74 Å². The molecule has 2 heterocycles. The molecule has 3 rings (SSSR count). The Hall–Kier alpha value is -2.05. The molecule has 0 spiro atoms. The molecule has 0 radical (unpaired) electrons. The first-order valence-corrected chi connectivity index (χ1v) is 6.65. The lowest BCUT2D eigenvalue weighted by atomic mass is 10.0. The molecular weight excluding hydrogens is 284 g/mol. The van der Waals surface area contributed by atoms with Crippen molar-refractivity contribution in [1.29, 1.82) is 0 Å². The Morgan fingerprint density at radius 2 is 2.00 bits per heavy atom. The normalized spacial score (nSPS) is 19.5. The van der Waals surface area contributed by atoms with Crippen LogP contribution in [0.4, 0.5) is 14.5 Å². The van der Waals surface area contributed by atoms with Crippen molar-refractivity contribution in [2.75, 3.05) is 31.9 Å². The molecule has 1 fully saturated rings. The minimum Gasteiger partial charge on any atom is -0.465 e. The van der Waals surface area contributed by atoms with Crippen molar-refractivity contribution in [2.45, 2.75) is 18.8 Å². The standard InChI is InChI=1S/C14H15F2NO4/c1-19-13(18)9-6-10(12-11(7-9)20-8-21-12)17-4-2-14(15,16)3-5-17/h6-7H,2-5,8H2,1H3. The average molecular weight is 299 g/mol. The van der Waals surface area contributed by atoms with E-state index in [1.54, 1.807) is 11.0 Å².